The zero-order valence-electron chi connectivity index (χ0n) is 18.5. The predicted octanol–water partition coefficient (Wildman–Crippen LogP) is 3.88. The maximum absolute atomic E-state index is 13.1. The SMILES string of the molecule is NC(=O)c1ccc(Cl)cc1CCNS(=O)(=O)c1cc(-c2ccnn2-c2ccccc2Cl)c(O)cc1O. The number of halogens is 2. The highest BCUT2D eigenvalue weighted by Gasteiger charge is 2.24. The van der Waals surface area contributed by atoms with Gasteiger partial charge in [0.05, 0.1) is 22.6 Å². The average molecular weight is 547 g/mol. The summed E-state index contributed by atoms with van der Waals surface area (Å²) < 4.78 is 30.0. The maximum Gasteiger partial charge on any atom is 0.248 e. The second-order valence-corrected chi connectivity index (χ2v) is 10.3. The first-order valence-electron chi connectivity index (χ1n) is 10.5. The number of hydrogen-bond acceptors (Lipinski definition) is 6. The highest BCUT2D eigenvalue weighted by Crippen LogP contribution is 2.38. The summed E-state index contributed by atoms with van der Waals surface area (Å²) in [6.45, 7) is -0.115. The largest absolute Gasteiger partial charge is 0.507 e. The molecule has 0 saturated carbocycles. The van der Waals surface area contributed by atoms with Crippen LogP contribution in [-0.2, 0) is 16.4 Å². The van der Waals surface area contributed by atoms with Crippen molar-refractivity contribution in [3.8, 4) is 28.4 Å². The topological polar surface area (TPSA) is 148 Å². The van der Waals surface area contributed by atoms with E-state index in [1.807, 2.05) is 0 Å². The smallest absolute Gasteiger partial charge is 0.248 e. The van der Waals surface area contributed by atoms with Gasteiger partial charge in [-0.15, -0.1) is 0 Å². The number of nitrogens with one attached hydrogen (secondary N) is 1. The van der Waals surface area contributed by atoms with E-state index in [1.165, 1.54) is 29.1 Å². The summed E-state index contributed by atoms with van der Waals surface area (Å²) in [6.07, 6.45) is 1.59. The van der Waals surface area contributed by atoms with Crippen LogP contribution in [0.15, 0.2) is 71.8 Å². The number of carbonyl (C=O) groups is 1. The molecule has 0 aliphatic carbocycles. The highest BCUT2D eigenvalue weighted by atomic mass is 35.5. The Hall–Kier alpha value is -3.57. The second-order valence-electron chi connectivity index (χ2n) is 7.73. The van der Waals surface area contributed by atoms with E-state index in [9.17, 15) is 23.4 Å². The van der Waals surface area contributed by atoms with E-state index in [1.54, 1.807) is 30.3 Å². The first kappa shape index (κ1) is 25.5. The number of carbonyl (C=O) groups excluding carboxylic acids is 1. The Balaban J connectivity index is 1.65. The van der Waals surface area contributed by atoms with E-state index < -0.39 is 26.6 Å². The summed E-state index contributed by atoms with van der Waals surface area (Å²) in [4.78, 5) is 11.2. The number of hydrogen-bond donors (Lipinski definition) is 4. The summed E-state index contributed by atoms with van der Waals surface area (Å²) in [7, 11) is -4.24. The van der Waals surface area contributed by atoms with Crippen molar-refractivity contribution >= 4 is 39.1 Å². The molecule has 12 heteroatoms. The molecule has 36 heavy (non-hydrogen) atoms. The van der Waals surface area contributed by atoms with Crippen LogP contribution >= 0.6 is 23.2 Å². The molecule has 0 saturated heterocycles. The molecule has 0 atom stereocenters. The minimum absolute atomic E-state index is 0.108. The minimum atomic E-state index is -4.24. The van der Waals surface area contributed by atoms with Crippen LogP contribution in [0.25, 0.3) is 16.9 Å². The normalized spacial score (nSPS) is 11.5. The second kappa shape index (κ2) is 10.2. The number of sulfonamides is 1. The molecule has 0 fully saturated rings. The molecule has 0 unspecified atom stereocenters. The molecule has 0 spiro atoms. The van der Waals surface area contributed by atoms with Gasteiger partial charge in [-0.25, -0.2) is 17.8 Å². The quantitative estimate of drug-likeness (QED) is 0.263. The van der Waals surface area contributed by atoms with Crippen molar-refractivity contribution in [2.45, 2.75) is 11.3 Å². The van der Waals surface area contributed by atoms with Gasteiger partial charge in [0.1, 0.15) is 16.4 Å². The minimum Gasteiger partial charge on any atom is -0.507 e. The molecule has 1 amide bonds. The summed E-state index contributed by atoms with van der Waals surface area (Å²) in [6, 6.07) is 15.1. The molecule has 9 nitrogen and oxygen atoms in total. The van der Waals surface area contributed by atoms with Gasteiger partial charge < -0.3 is 15.9 Å². The van der Waals surface area contributed by atoms with Crippen LogP contribution in [-0.4, -0.2) is 40.9 Å². The van der Waals surface area contributed by atoms with E-state index in [0.717, 1.165) is 12.1 Å². The van der Waals surface area contributed by atoms with Gasteiger partial charge in [0, 0.05) is 28.8 Å². The number of amides is 1. The molecule has 1 heterocycles. The van der Waals surface area contributed by atoms with Gasteiger partial charge in [0.25, 0.3) is 0 Å². The fourth-order valence-electron chi connectivity index (χ4n) is 3.71. The number of benzene rings is 3. The molecule has 0 bridgehead atoms. The molecule has 0 radical (unpaired) electrons. The number of nitrogens with two attached hydrogens (primary N) is 1. The number of rotatable bonds is 8. The number of aromatic hydroxyl groups is 2. The van der Waals surface area contributed by atoms with Gasteiger partial charge in [0.15, 0.2) is 0 Å². The molecule has 186 valence electrons. The van der Waals surface area contributed by atoms with Crippen molar-refractivity contribution in [2.24, 2.45) is 5.73 Å². The van der Waals surface area contributed by atoms with E-state index in [0.29, 0.717) is 27.0 Å². The lowest BCUT2D eigenvalue weighted by Crippen LogP contribution is -2.27. The summed E-state index contributed by atoms with van der Waals surface area (Å²) in [5.74, 6) is -1.67. The molecule has 5 N–H and O–H groups in total. The maximum atomic E-state index is 13.1. The lowest BCUT2D eigenvalue weighted by atomic mass is 10.0. The van der Waals surface area contributed by atoms with Crippen molar-refractivity contribution in [3.05, 3.63) is 88.0 Å². The molecular formula is C24H20Cl2N4O5S. The molecule has 0 aliphatic heterocycles. The molecule has 3 aromatic carbocycles. The summed E-state index contributed by atoms with van der Waals surface area (Å²) in [5, 5.41) is 25.9. The van der Waals surface area contributed by atoms with Crippen LogP contribution in [0.1, 0.15) is 15.9 Å². The van der Waals surface area contributed by atoms with E-state index in [4.69, 9.17) is 28.9 Å². The number of phenols is 2. The van der Waals surface area contributed by atoms with Gasteiger partial charge in [-0.3, -0.25) is 4.79 Å². The van der Waals surface area contributed by atoms with Crippen LogP contribution in [0.3, 0.4) is 0 Å². The monoisotopic (exact) mass is 546 g/mol. The lowest BCUT2D eigenvalue weighted by molar-refractivity contribution is 0.0999. The van der Waals surface area contributed by atoms with Gasteiger partial charge >= 0.3 is 0 Å². The Kier molecular flexibility index (Phi) is 7.23. The zero-order valence-corrected chi connectivity index (χ0v) is 20.8. The van der Waals surface area contributed by atoms with Crippen molar-refractivity contribution in [3.63, 3.8) is 0 Å². The molecule has 4 aromatic rings. The first-order valence-corrected chi connectivity index (χ1v) is 12.8. The Morgan fingerprint density at radius 2 is 1.78 bits per heavy atom. The van der Waals surface area contributed by atoms with Crippen LogP contribution in [0, 0.1) is 0 Å². The van der Waals surface area contributed by atoms with Gasteiger partial charge in [0.2, 0.25) is 15.9 Å². The van der Waals surface area contributed by atoms with E-state index in [2.05, 4.69) is 9.82 Å². The van der Waals surface area contributed by atoms with Crippen molar-refractivity contribution in [1.82, 2.24) is 14.5 Å². The Bertz CT molecular complexity index is 1570. The Labute approximate surface area is 216 Å². The molecule has 0 aliphatic rings. The van der Waals surface area contributed by atoms with Crippen molar-refractivity contribution in [2.75, 3.05) is 6.54 Å². The standard InChI is InChI=1S/C24H20Cl2N4O5S/c25-15-5-6-16(24(27)33)14(11-15)7-10-29-36(34,35)23-12-17(21(31)13-22(23)32)19-8-9-28-30(19)20-4-2-1-3-18(20)26/h1-6,8-9,11-13,29,31-32H,7,10H2,(H2,27,33). The molecular weight excluding hydrogens is 527 g/mol. The fraction of sp³-hybridized carbons (Fsp3) is 0.0833. The number of para-hydroxylation sites is 1. The van der Waals surface area contributed by atoms with Crippen molar-refractivity contribution in [1.29, 1.82) is 0 Å². The summed E-state index contributed by atoms with van der Waals surface area (Å²) >= 11 is 12.3. The third kappa shape index (κ3) is 5.17. The van der Waals surface area contributed by atoms with E-state index >= 15 is 0 Å². The van der Waals surface area contributed by atoms with Gasteiger partial charge in [-0.05, 0) is 54.4 Å². The van der Waals surface area contributed by atoms with Crippen LogP contribution < -0.4 is 10.5 Å². The van der Waals surface area contributed by atoms with Crippen LogP contribution in [0.2, 0.25) is 10.0 Å². The van der Waals surface area contributed by atoms with Crippen LogP contribution in [0.4, 0.5) is 0 Å². The summed E-state index contributed by atoms with van der Waals surface area (Å²) in [5.41, 5.74) is 7.05. The first-order chi connectivity index (χ1) is 17.1. The number of phenolic OH excluding ortho intramolecular Hbond substituents is 2. The van der Waals surface area contributed by atoms with E-state index in [-0.39, 0.29) is 29.8 Å². The molecule has 4 rings (SSSR count). The Morgan fingerprint density at radius 1 is 1.03 bits per heavy atom. The molecule has 1 aromatic heterocycles. The highest BCUT2D eigenvalue weighted by molar-refractivity contribution is 7.89. The zero-order chi connectivity index (χ0) is 26.0. The number of aromatic nitrogens is 2. The average Bonchev–Trinajstić information content (AvgIpc) is 3.28. The van der Waals surface area contributed by atoms with Crippen LogP contribution in [0.5, 0.6) is 11.5 Å². The predicted molar refractivity (Wildman–Crippen MR) is 136 cm³/mol. The van der Waals surface area contributed by atoms with Crippen molar-refractivity contribution < 1.29 is 23.4 Å². The Morgan fingerprint density at radius 3 is 2.50 bits per heavy atom. The fourth-order valence-corrected chi connectivity index (χ4v) is 5.25. The number of primary amides is 1. The number of nitrogens with zero attached hydrogens (tertiary/aromatic N) is 2. The third-order valence-electron chi connectivity index (χ3n) is 5.39. The van der Waals surface area contributed by atoms with Gasteiger partial charge in [-0.1, -0.05) is 35.3 Å². The van der Waals surface area contributed by atoms with Gasteiger partial charge in [-0.2, -0.15) is 5.10 Å². The third-order valence-corrected chi connectivity index (χ3v) is 7.43. The lowest BCUT2D eigenvalue weighted by Gasteiger charge is -2.14.